The summed E-state index contributed by atoms with van der Waals surface area (Å²) in [5.74, 6) is -0.853. The number of likely N-dealkylation sites (tertiary alicyclic amines) is 1. The van der Waals surface area contributed by atoms with Gasteiger partial charge in [-0.2, -0.15) is 0 Å². The van der Waals surface area contributed by atoms with Gasteiger partial charge in [-0.1, -0.05) is 26.7 Å². The average molecular weight is 240 g/mol. The molecule has 1 saturated carbocycles. The molecule has 0 amide bonds. The largest absolute Gasteiger partial charge is 0.480 e. The number of carbonyl (C=O) groups is 1. The van der Waals surface area contributed by atoms with Crippen LogP contribution < -0.4 is 5.73 Å². The molecule has 1 aliphatic heterocycles. The molecule has 1 heterocycles. The minimum absolute atomic E-state index is 0.294. The zero-order valence-corrected chi connectivity index (χ0v) is 10.9. The highest BCUT2D eigenvalue weighted by Gasteiger charge is 2.46. The molecule has 1 saturated heterocycles. The molecule has 2 unspecified atom stereocenters. The van der Waals surface area contributed by atoms with Gasteiger partial charge in [0.15, 0.2) is 0 Å². The van der Waals surface area contributed by atoms with Crippen molar-refractivity contribution >= 4 is 5.97 Å². The monoisotopic (exact) mass is 240 g/mol. The summed E-state index contributed by atoms with van der Waals surface area (Å²) in [6.07, 6.45) is 5.55. The predicted octanol–water partition coefficient (Wildman–Crippen LogP) is 1.44. The Morgan fingerprint density at radius 1 is 1.35 bits per heavy atom. The number of hydrogen-bond donors (Lipinski definition) is 2. The molecule has 4 heteroatoms. The first-order valence-electron chi connectivity index (χ1n) is 6.61. The molecule has 2 fully saturated rings. The molecule has 2 rings (SSSR count). The topological polar surface area (TPSA) is 66.6 Å². The lowest BCUT2D eigenvalue weighted by Crippen LogP contribution is -2.53. The van der Waals surface area contributed by atoms with Crippen LogP contribution in [0.4, 0.5) is 0 Å². The van der Waals surface area contributed by atoms with Gasteiger partial charge in [-0.15, -0.1) is 0 Å². The number of carboxylic acid groups (broad SMARTS) is 1. The maximum atomic E-state index is 11.2. The zero-order chi connectivity index (χ0) is 12.7. The Balaban J connectivity index is 2.07. The van der Waals surface area contributed by atoms with Gasteiger partial charge in [0.25, 0.3) is 0 Å². The van der Waals surface area contributed by atoms with Gasteiger partial charge in [0, 0.05) is 19.1 Å². The fraction of sp³-hybridized carbons (Fsp3) is 0.923. The molecule has 17 heavy (non-hydrogen) atoms. The summed E-state index contributed by atoms with van der Waals surface area (Å²) in [4.78, 5) is 13.5. The molecule has 4 nitrogen and oxygen atoms in total. The Morgan fingerprint density at radius 3 is 2.59 bits per heavy atom. The summed E-state index contributed by atoms with van der Waals surface area (Å²) in [6, 6.07) is 0.501. The highest BCUT2D eigenvalue weighted by Crippen LogP contribution is 2.40. The third-order valence-electron chi connectivity index (χ3n) is 4.65. The number of carboxylic acids is 1. The molecule has 2 aliphatic rings. The van der Waals surface area contributed by atoms with Gasteiger partial charge in [0.1, 0.15) is 5.54 Å². The van der Waals surface area contributed by atoms with Gasteiger partial charge in [0.2, 0.25) is 0 Å². The number of rotatable bonds is 2. The average Bonchev–Trinajstić information content (AvgIpc) is 2.61. The van der Waals surface area contributed by atoms with Gasteiger partial charge >= 0.3 is 5.97 Å². The second kappa shape index (κ2) is 4.25. The summed E-state index contributed by atoms with van der Waals surface area (Å²) in [5, 5.41) is 9.17. The van der Waals surface area contributed by atoms with Crippen molar-refractivity contribution < 1.29 is 9.90 Å². The van der Waals surface area contributed by atoms with Crippen molar-refractivity contribution in [1.82, 2.24) is 4.90 Å². The van der Waals surface area contributed by atoms with Crippen LogP contribution in [0.1, 0.15) is 46.0 Å². The van der Waals surface area contributed by atoms with Crippen LogP contribution in [0, 0.1) is 5.41 Å². The van der Waals surface area contributed by atoms with Gasteiger partial charge in [0.05, 0.1) is 0 Å². The highest BCUT2D eigenvalue weighted by atomic mass is 16.4. The first-order valence-corrected chi connectivity index (χ1v) is 6.61. The van der Waals surface area contributed by atoms with E-state index in [1.807, 2.05) is 0 Å². The van der Waals surface area contributed by atoms with Crippen LogP contribution in [0.15, 0.2) is 0 Å². The van der Waals surface area contributed by atoms with Gasteiger partial charge < -0.3 is 10.8 Å². The van der Waals surface area contributed by atoms with E-state index in [0.29, 0.717) is 24.4 Å². The normalized spacial score (nSPS) is 38.2. The van der Waals surface area contributed by atoms with Crippen LogP contribution in [0.3, 0.4) is 0 Å². The Kier molecular flexibility index (Phi) is 3.21. The first kappa shape index (κ1) is 12.8. The Morgan fingerprint density at radius 2 is 2.06 bits per heavy atom. The van der Waals surface area contributed by atoms with E-state index in [0.717, 1.165) is 6.54 Å². The Hall–Kier alpha value is -0.610. The number of nitrogens with zero attached hydrogens (tertiary/aromatic N) is 1. The molecule has 0 bridgehead atoms. The van der Waals surface area contributed by atoms with E-state index in [1.165, 1.54) is 25.7 Å². The van der Waals surface area contributed by atoms with Crippen molar-refractivity contribution in [2.45, 2.75) is 57.5 Å². The molecule has 0 aromatic rings. The number of hydrogen-bond acceptors (Lipinski definition) is 3. The van der Waals surface area contributed by atoms with Crippen molar-refractivity contribution in [3.63, 3.8) is 0 Å². The van der Waals surface area contributed by atoms with Crippen LogP contribution in [0.5, 0.6) is 0 Å². The lowest BCUT2D eigenvalue weighted by atomic mass is 9.72. The third kappa shape index (κ3) is 2.33. The fourth-order valence-corrected chi connectivity index (χ4v) is 3.46. The fourth-order valence-electron chi connectivity index (χ4n) is 3.46. The van der Waals surface area contributed by atoms with E-state index >= 15 is 0 Å². The molecule has 0 spiro atoms. The Labute approximate surface area is 103 Å². The quantitative estimate of drug-likeness (QED) is 0.766. The molecule has 0 aromatic heterocycles. The lowest BCUT2D eigenvalue weighted by Gasteiger charge is -2.44. The van der Waals surface area contributed by atoms with E-state index in [2.05, 4.69) is 18.7 Å². The summed E-state index contributed by atoms with van der Waals surface area (Å²) in [7, 11) is 0. The van der Waals surface area contributed by atoms with Crippen LogP contribution in [0.25, 0.3) is 0 Å². The SMILES string of the molecule is CC1(C)CCCCC1N1CCC(N)(C(=O)O)C1. The van der Waals surface area contributed by atoms with Gasteiger partial charge in [-0.25, -0.2) is 0 Å². The van der Waals surface area contributed by atoms with E-state index in [4.69, 9.17) is 10.8 Å². The minimum atomic E-state index is -1.02. The molecule has 0 radical (unpaired) electrons. The summed E-state index contributed by atoms with van der Waals surface area (Å²) in [6.45, 7) is 5.94. The molecular formula is C13H24N2O2. The molecule has 98 valence electrons. The van der Waals surface area contributed by atoms with Crippen molar-refractivity contribution in [3.8, 4) is 0 Å². The highest BCUT2D eigenvalue weighted by molar-refractivity contribution is 5.79. The van der Waals surface area contributed by atoms with Crippen LogP contribution >= 0.6 is 0 Å². The van der Waals surface area contributed by atoms with Crippen LogP contribution in [-0.2, 0) is 4.79 Å². The Bertz CT molecular complexity index is 317. The van der Waals surface area contributed by atoms with E-state index in [1.54, 1.807) is 0 Å². The summed E-state index contributed by atoms with van der Waals surface area (Å²) >= 11 is 0. The molecule has 1 aliphatic carbocycles. The zero-order valence-electron chi connectivity index (χ0n) is 10.9. The summed E-state index contributed by atoms with van der Waals surface area (Å²) in [5.41, 5.74) is 5.22. The molecule has 3 N–H and O–H groups in total. The molecule has 2 atom stereocenters. The van der Waals surface area contributed by atoms with E-state index < -0.39 is 11.5 Å². The maximum absolute atomic E-state index is 11.2. The smallest absolute Gasteiger partial charge is 0.325 e. The second-order valence-corrected chi connectivity index (χ2v) is 6.43. The third-order valence-corrected chi connectivity index (χ3v) is 4.65. The number of aliphatic carboxylic acids is 1. The van der Waals surface area contributed by atoms with Crippen molar-refractivity contribution in [2.75, 3.05) is 13.1 Å². The second-order valence-electron chi connectivity index (χ2n) is 6.43. The molecule has 0 aromatic carbocycles. The standard InChI is InChI=1S/C13H24N2O2/c1-12(2)6-4-3-5-10(12)15-8-7-13(14,9-15)11(16)17/h10H,3-9,14H2,1-2H3,(H,16,17). The van der Waals surface area contributed by atoms with E-state index in [9.17, 15) is 4.79 Å². The van der Waals surface area contributed by atoms with Crippen molar-refractivity contribution in [1.29, 1.82) is 0 Å². The van der Waals surface area contributed by atoms with E-state index in [-0.39, 0.29) is 0 Å². The van der Waals surface area contributed by atoms with Gasteiger partial charge in [-0.05, 0) is 24.7 Å². The van der Waals surface area contributed by atoms with Gasteiger partial charge in [-0.3, -0.25) is 9.69 Å². The van der Waals surface area contributed by atoms with Crippen molar-refractivity contribution in [2.24, 2.45) is 11.1 Å². The van der Waals surface area contributed by atoms with Crippen molar-refractivity contribution in [3.05, 3.63) is 0 Å². The predicted molar refractivity (Wildman–Crippen MR) is 66.8 cm³/mol. The maximum Gasteiger partial charge on any atom is 0.325 e. The lowest BCUT2D eigenvalue weighted by molar-refractivity contribution is -0.143. The first-order chi connectivity index (χ1) is 7.85. The summed E-state index contributed by atoms with van der Waals surface area (Å²) < 4.78 is 0. The van der Waals surface area contributed by atoms with Crippen LogP contribution in [-0.4, -0.2) is 40.6 Å². The minimum Gasteiger partial charge on any atom is -0.480 e. The van der Waals surface area contributed by atoms with Crippen LogP contribution in [0.2, 0.25) is 0 Å². The molecular weight excluding hydrogens is 216 g/mol. The number of nitrogens with two attached hydrogens (primary N) is 1.